The molecule has 2 amide bonds. The van der Waals surface area contributed by atoms with Gasteiger partial charge < -0.3 is 16.4 Å². The number of fused-ring (bicyclic) bond motifs is 1. The molecule has 0 aromatic carbocycles. The molecule has 0 bridgehead atoms. The van der Waals surface area contributed by atoms with Gasteiger partial charge in [0, 0.05) is 17.3 Å². The van der Waals surface area contributed by atoms with Crippen molar-refractivity contribution in [1.29, 1.82) is 0 Å². The van der Waals surface area contributed by atoms with Crippen LogP contribution in [0.15, 0.2) is 6.20 Å². The molecule has 0 spiro atoms. The second-order valence-electron chi connectivity index (χ2n) is 8.12. The Morgan fingerprint density at radius 2 is 2.07 bits per heavy atom. The van der Waals surface area contributed by atoms with Gasteiger partial charge in [0.15, 0.2) is 0 Å². The molecule has 4 N–H and O–H groups in total. The molecule has 0 radical (unpaired) electrons. The van der Waals surface area contributed by atoms with Crippen LogP contribution in [0.25, 0.3) is 0 Å². The van der Waals surface area contributed by atoms with Crippen LogP contribution in [0.4, 0.5) is 10.8 Å². The summed E-state index contributed by atoms with van der Waals surface area (Å²) in [4.78, 5) is 26.6. The van der Waals surface area contributed by atoms with E-state index in [2.05, 4.69) is 20.9 Å². The molecule has 1 unspecified atom stereocenters. The summed E-state index contributed by atoms with van der Waals surface area (Å²) in [5, 5.41) is 14.8. The number of amides is 2. The number of aryl methyl sites for hydroxylation is 1. The molecule has 0 aliphatic heterocycles. The number of nitrogen functional groups attached to an aromatic ring is 1. The predicted octanol–water partition coefficient (Wildman–Crippen LogP) is 2.14. The van der Waals surface area contributed by atoms with Crippen LogP contribution in [0, 0.1) is 11.8 Å². The molecule has 8 nitrogen and oxygen atoms in total. The summed E-state index contributed by atoms with van der Waals surface area (Å²) < 4.78 is 1.74. The number of carbonyl (C=O) groups excluding carboxylic acids is 2. The monoisotopic (exact) mass is 400 g/mol. The average molecular weight is 401 g/mol. The Kier molecular flexibility index (Phi) is 4.34. The first kappa shape index (κ1) is 17.7. The van der Waals surface area contributed by atoms with Gasteiger partial charge in [-0.15, -0.1) is 16.4 Å². The minimum atomic E-state index is -0.0808. The van der Waals surface area contributed by atoms with E-state index in [0.717, 1.165) is 31.2 Å². The van der Waals surface area contributed by atoms with Crippen molar-refractivity contribution >= 4 is 34.0 Å². The number of carbonyl (C=O) groups is 2. The normalized spacial score (nSPS) is 21.2. The molecule has 5 rings (SSSR count). The number of hydrogen-bond acceptors (Lipinski definition) is 6. The summed E-state index contributed by atoms with van der Waals surface area (Å²) in [6.45, 7) is 0.707. The van der Waals surface area contributed by atoms with Crippen molar-refractivity contribution in [2.75, 3.05) is 17.6 Å². The minimum Gasteiger partial charge on any atom is -0.383 e. The highest BCUT2D eigenvalue weighted by Gasteiger charge is 2.35. The third-order valence-electron chi connectivity index (χ3n) is 5.84. The first-order valence-corrected chi connectivity index (χ1v) is 10.8. The lowest BCUT2D eigenvalue weighted by molar-refractivity contribution is -0.117. The highest BCUT2D eigenvalue weighted by Crippen LogP contribution is 2.42. The quantitative estimate of drug-likeness (QED) is 0.687. The van der Waals surface area contributed by atoms with Gasteiger partial charge in [0.05, 0.1) is 17.8 Å². The zero-order chi connectivity index (χ0) is 19.3. The van der Waals surface area contributed by atoms with Crippen molar-refractivity contribution in [2.45, 2.75) is 51.0 Å². The van der Waals surface area contributed by atoms with Crippen molar-refractivity contribution in [2.24, 2.45) is 11.8 Å². The Balaban J connectivity index is 1.44. The number of thiophene rings is 1. The molecule has 2 aromatic heterocycles. The van der Waals surface area contributed by atoms with E-state index in [9.17, 15) is 9.59 Å². The maximum Gasteiger partial charge on any atom is 0.254 e. The second kappa shape index (κ2) is 6.88. The molecule has 2 saturated carbocycles. The Morgan fingerprint density at radius 3 is 2.75 bits per heavy atom. The molecule has 28 heavy (non-hydrogen) atoms. The van der Waals surface area contributed by atoms with Gasteiger partial charge in [0.1, 0.15) is 10.8 Å². The van der Waals surface area contributed by atoms with Gasteiger partial charge in [-0.1, -0.05) is 5.21 Å². The van der Waals surface area contributed by atoms with Gasteiger partial charge >= 0.3 is 0 Å². The van der Waals surface area contributed by atoms with E-state index in [4.69, 9.17) is 5.73 Å². The smallest absolute Gasteiger partial charge is 0.254 e. The lowest BCUT2D eigenvalue weighted by atomic mass is 9.91. The van der Waals surface area contributed by atoms with Gasteiger partial charge in [0.25, 0.3) is 5.91 Å². The van der Waals surface area contributed by atoms with Gasteiger partial charge in [0.2, 0.25) is 5.91 Å². The molecule has 1 atom stereocenters. The number of nitrogens with zero attached hydrogens (tertiary/aromatic N) is 3. The topological polar surface area (TPSA) is 115 Å². The van der Waals surface area contributed by atoms with Crippen LogP contribution in [-0.4, -0.2) is 33.4 Å². The fourth-order valence-electron chi connectivity index (χ4n) is 3.84. The first-order chi connectivity index (χ1) is 13.6. The van der Waals surface area contributed by atoms with Crippen molar-refractivity contribution in [3.05, 3.63) is 22.2 Å². The zero-order valence-corrected chi connectivity index (χ0v) is 16.4. The SMILES string of the molecule is Nc1cnnn1C1CCc2sc(NC(=O)C3CC3)c(C(=O)NCC3CC3)c2C1. The fraction of sp³-hybridized carbons (Fsp3) is 0.579. The fourth-order valence-corrected chi connectivity index (χ4v) is 5.09. The maximum atomic E-state index is 13.0. The molecule has 2 aromatic rings. The zero-order valence-electron chi connectivity index (χ0n) is 15.6. The largest absolute Gasteiger partial charge is 0.383 e. The van der Waals surface area contributed by atoms with Crippen LogP contribution >= 0.6 is 11.3 Å². The van der Waals surface area contributed by atoms with Gasteiger partial charge in [-0.2, -0.15) is 0 Å². The van der Waals surface area contributed by atoms with Crippen LogP contribution < -0.4 is 16.4 Å². The molecule has 3 aliphatic carbocycles. The molecule has 3 aliphatic rings. The summed E-state index contributed by atoms with van der Waals surface area (Å²) in [6, 6.07) is 0.0755. The number of anilines is 2. The minimum absolute atomic E-state index is 0.0342. The summed E-state index contributed by atoms with van der Waals surface area (Å²) in [5.41, 5.74) is 7.65. The standard InChI is InChI=1S/C19H24N6O2S/c20-15-9-22-24-25(15)12-5-6-14-13(7-12)16(18(27)21-8-10-1-2-10)19(28-14)23-17(26)11-3-4-11/h9-12H,1-8,20H2,(H,21,27)(H,23,26). The predicted molar refractivity (Wildman–Crippen MR) is 106 cm³/mol. The third-order valence-corrected chi connectivity index (χ3v) is 7.05. The number of nitrogens with two attached hydrogens (primary N) is 1. The first-order valence-electron chi connectivity index (χ1n) is 9.99. The third kappa shape index (κ3) is 3.39. The summed E-state index contributed by atoms with van der Waals surface area (Å²) in [7, 11) is 0. The summed E-state index contributed by atoms with van der Waals surface area (Å²) >= 11 is 1.55. The van der Waals surface area contributed by atoms with E-state index < -0.39 is 0 Å². The van der Waals surface area contributed by atoms with Crippen LogP contribution in [0.2, 0.25) is 0 Å². The number of rotatable bonds is 6. The molecule has 9 heteroatoms. The molecule has 2 heterocycles. The lowest BCUT2D eigenvalue weighted by Crippen LogP contribution is -2.29. The second-order valence-corrected chi connectivity index (χ2v) is 9.23. The van der Waals surface area contributed by atoms with Crippen LogP contribution in [0.1, 0.15) is 58.9 Å². The molecular weight excluding hydrogens is 376 g/mol. The van der Waals surface area contributed by atoms with Crippen molar-refractivity contribution in [3.8, 4) is 0 Å². The number of hydrogen-bond donors (Lipinski definition) is 3. The van der Waals surface area contributed by atoms with Gasteiger partial charge in [-0.05, 0) is 56.4 Å². The summed E-state index contributed by atoms with van der Waals surface area (Å²) in [6.07, 6.45) is 8.19. The highest BCUT2D eigenvalue weighted by atomic mass is 32.1. The van der Waals surface area contributed by atoms with Crippen molar-refractivity contribution in [3.63, 3.8) is 0 Å². The Bertz CT molecular complexity index is 927. The van der Waals surface area contributed by atoms with E-state index >= 15 is 0 Å². The van der Waals surface area contributed by atoms with E-state index in [1.807, 2.05) is 0 Å². The van der Waals surface area contributed by atoms with E-state index in [-0.39, 0.29) is 23.8 Å². The highest BCUT2D eigenvalue weighted by molar-refractivity contribution is 7.17. The van der Waals surface area contributed by atoms with E-state index in [1.54, 1.807) is 22.2 Å². The van der Waals surface area contributed by atoms with Crippen molar-refractivity contribution in [1.82, 2.24) is 20.3 Å². The van der Waals surface area contributed by atoms with Gasteiger partial charge in [-0.25, -0.2) is 4.68 Å². The summed E-state index contributed by atoms with van der Waals surface area (Å²) in [5.74, 6) is 1.19. The van der Waals surface area contributed by atoms with E-state index in [1.165, 1.54) is 17.7 Å². The molecule has 148 valence electrons. The van der Waals surface area contributed by atoms with Crippen molar-refractivity contribution < 1.29 is 9.59 Å². The Morgan fingerprint density at radius 1 is 1.25 bits per heavy atom. The van der Waals surface area contributed by atoms with Crippen LogP contribution in [0.3, 0.4) is 0 Å². The maximum absolute atomic E-state index is 13.0. The van der Waals surface area contributed by atoms with E-state index in [0.29, 0.717) is 35.3 Å². The Labute approximate surface area is 166 Å². The van der Waals surface area contributed by atoms with Crippen LogP contribution in [0.5, 0.6) is 0 Å². The molecular formula is C19H24N6O2S. The van der Waals surface area contributed by atoms with Crippen LogP contribution in [-0.2, 0) is 17.6 Å². The molecule has 0 saturated heterocycles. The molecule has 2 fully saturated rings. The van der Waals surface area contributed by atoms with Gasteiger partial charge in [-0.3, -0.25) is 9.59 Å². The lowest BCUT2D eigenvalue weighted by Gasteiger charge is -2.23. The Hall–Kier alpha value is -2.42. The number of nitrogens with one attached hydrogen (secondary N) is 2. The average Bonchev–Trinajstić information content (AvgIpc) is 3.60. The number of aromatic nitrogens is 3.